The van der Waals surface area contributed by atoms with Gasteiger partial charge in [-0.15, -0.1) is 11.3 Å². The minimum absolute atomic E-state index is 0.310. The van der Waals surface area contributed by atoms with Crippen molar-refractivity contribution in [2.24, 2.45) is 4.99 Å². The fourth-order valence-corrected chi connectivity index (χ4v) is 3.82. The first-order chi connectivity index (χ1) is 12.2. The molecule has 0 aromatic carbocycles. The average molecular weight is 369 g/mol. The second kappa shape index (κ2) is 11.4. The average Bonchev–Trinajstić information content (AvgIpc) is 3.25. The number of hydrogen-bond acceptors (Lipinski definition) is 5. The summed E-state index contributed by atoms with van der Waals surface area (Å²) < 4.78 is 11.2. The van der Waals surface area contributed by atoms with Gasteiger partial charge in [0.1, 0.15) is 0 Å². The standard InChI is InChI=1S/C18H32N4O2S/c1-4-16-14(2)25-17(22-16)8-10-21-18(19-3)20-9-6-11-23-13-15-7-5-12-24-15/h15H,4-13H2,1-3H3,(H2,19,20,21). The summed E-state index contributed by atoms with van der Waals surface area (Å²) in [5.74, 6) is 0.836. The second-order valence-corrected chi connectivity index (χ2v) is 7.49. The summed E-state index contributed by atoms with van der Waals surface area (Å²) in [5.41, 5.74) is 1.23. The molecule has 7 heteroatoms. The van der Waals surface area contributed by atoms with Gasteiger partial charge in [0.2, 0.25) is 0 Å². The van der Waals surface area contributed by atoms with Gasteiger partial charge in [-0.25, -0.2) is 4.98 Å². The zero-order valence-electron chi connectivity index (χ0n) is 15.8. The maximum Gasteiger partial charge on any atom is 0.190 e. The van der Waals surface area contributed by atoms with Gasteiger partial charge in [0.15, 0.2) is 5.96 Å². The molecule has 0 bridgehead atoms. The van der Waals surface area contributed by atoms with Crippen LogP contribution in [0.15, 0.2) is 4.99 Å². The highest BCUT2D eigenvalue weighted by atomic mass is 32.1. The molecule has 6 nitrogen and oxygen atoms in total. The van der Waals surface area contributed by atoms with Crippen LogP contribution in [0.1, 0.15) is 41.8 Å². The van der Waals surface area contributed by atoms with Crippen LogP contribution >= 0.6 is 11.3 Å². The smallest absolute Gasteiger partial charge is 0.190 e. The number of nitrogens with zero attached hydrogens (tertiary/aromatic N) is 2. The molecule has 0 saturated carbocycles. The summed E-state index contributed by atoms with van der Waals surface area (Å²) >= 11 is 1.80. The quantitative estimate of drug-likeness (QED) is 0.377. The highest BCUT2D eigenvalue weighted by molar-refractivity contribution is 7.11. The Balaban J connectivity index is 1.52. The van der Waals surface area contributed by atoms with E-state index in [1.54, 1.807) is 18.4 Å². The van der Waals surface area contributed by atoms with Crippen molar-refractivity contribution >= 4 is 17.3 Å². The Kier molecular flexibility index (Phi) is 9.21. The molecule has 2 N–H and O–H groups in total. The number of aliphatic imine (C=N–C) groups is 1. The third-order valence-corrected chi connectivity index (χ3v) is 5.29. The third-order valence-electron chi connectivity index (χ3n) is 4.21. The van der Waals surface area contributed by atoms with Crippen LogP contribution in [0.4, 0.5) is 0 Å². The predicted octanol–water partition coefficient (Wildman–Crippen LogP) is 2.31. The Morgan fingerprint density at radius 2 is 2.24 bits per heavy atom. The van der Waals surface area contributed by atoms with Gasteiger partial charge in [-0.2, -0.15) is 0 Å². The van der Waals surface area contributed by atoms with Crippen LogP contribution < -0.4 is 10.6 Å². The predicted molar refractivity (Wildman–Crippen MR) is 104 cm³/mol. The molecule has 2 heterocycles. The largest absolute Gasteiger partial charge is 0.379 e. The van der Waals surface area contributed by atoms with E-state index >= 15 is 0 Å². The molecule has 1 atom stereocenters. The van der Waals surface area contributed by atoms with Crippen LogP contribution in [0.3, 0.4) is 0 Å². The molecule has 1 aliphatic heterocycles. The Hall–Kier alpha value is -1.18. The van der Waals surface area contributed by atoms with Crippen LogP contribution in [0.25, 0.3) is 0 Å². The van der Waals surface area contributed by atoms with Crippen LogP contribution in [-0.2, 0) is 22.3 Å². The van der Waals surface area contributed by atoms with Crippen LogP contribution in [0.5, 0.6) is 0 Å². The first kappa shape index (κ1) is 20.1. The fraction of sp³-hybridized carbons (Fsp3) is 0.778. The van der Waals surface area contributed by atoms with Crippen molar-refractivity contribution in [1.82, 2.24) is 15.6 Å². The molecule has 0 amide bonds. The van der Waals surface area contributed by atoms with Crippen LogP contribution in [0.2, 0.25) is 0 Å². The lowest BCUT2D eigenvalue weighted by atomic mass is 10.2. The number of hydrogen-bond donors (Lipinski definition) is 2. The van der Waals surface area contributed by atoms with Gasteiger partial charge in [0, 0.05) is 44.6 Å². The minimum atomic E-state index is 0.310. The van der Waals surface area contributed by atoms with Crippen molar-refractivity contribution in [3.8, 4) is 0 Å². The zero-order chi connectivity index (χ0) is 17.9. The molecular formula is C18H32N4O2S. The number of thiazole rings is 1. The van der Waals surface area contributed by atoms with E-state index in [2.05, 4.69) is 34.5 Å². The number of nitrogens with one attached hydrogen (secondary N) is 2. The Labute approximate surface area is 155 Å². The molecule has 1 aromatic rings. The fourth-order valence-electron chi connectivity index (χ4n) is 2.80. The molecule has 1 unspecified atom stereocenters. The molecule has 1 saturated heterocycles. The Morgan fingerprint density at radius 3 is 2.92 bits per heavy atom. The Morgan fingerprint density at radius 1 is 1.40 bits per heavy atom. The van der Waals surface area contributed by atoms with E-state index in [4.69, 9.17) is 9.47 Å². The van der Waals surface area contributed by atoms with Gasteiger partial charge in [-0.1, -0.05) is 6.92 Å². The van der Waals surface area contributed by atoms with E-state index in [0.29, 0.717) is 6.10 Å². The van der Waals surface area contributed by atoms with E-state index in [0.717, 1.165) is 71.0 Å². The molecule has 0 radical (unpaired) electrons. The normalized spacial score (nSPS) is 17.9. The van der Waals surface area contributed by atoms with Crippen molar-refractivity contribution in [3.63, 3.8) is 0 Å². The lowest BCUT2D eigenvalue weighted by Crippen LogP contribution is -2.39. The third kappa shape index (κ3) is 7.30. The maximum absolute atomic E-state index is 5.66. The van der Waals surface area contributed by atoms with Crippen LogP contribution in [-0.4, -0.2) is 57.0 Å². The molecule has 25 heavy (non-hydrogen) atoms. The van der Waals surface area contributed by atoms with Gasteiger partial charge in [-0.3, -0.25) is 4.99 Å². The van der Waals surface area contributed by atoms with Gasteiger partial charge < -0.3 is 20.1 Å². The van der Waals surface area contributed by atoms with Gasteiger partial charge in [-0.05, 0) is 32.6 Å². The highest BCUT2D eigenvalue weighted by Gasteiger charge is 2.14. The van der Waals surface area contributed by atoms with E-state index in [1.165, 1.54) is 15.6 Å². The van der Waals surface area contributed by atoms with E-state index in [9.17, 15) is 0 Å². The summed E-state index contributed by atoms with van der Waals surface area (Å²) in [6, 6.07) is 0. The van der Waals surface area contributed by atoms with E-state index in [-0.39, 0.29) is 0 Å². The van der Waals surface area contributed by atoms with Crippen molar-refractivity contribution in [2.45, 2.75) is 52.1 Å². The first-order valence-electron chi connectivity index (χ1n) is 9.32. The van der Waals surface area contributed by atoms with Crippen LogP contribution in [0, 0.1) is 6.92 Å². The number of guanidine groups is 1. The molecule has 1 aliphatic rings. The molecule has 0 aliphatic carbocycles. The maximum atomic E-state index is 5.66. The highest BCUT2D eigenvalue weighted by Crippen LogP contribution is 2.17. The molecule has 0 spiro atoms. The van der Waals surface area contributed by atoms with Gasteiger partial charge in [0.25, 0.3) is 0 Å². The van der Waals surface area contributed by atoms with Crippen molar-refractivity contribution < 1.29 is 9.47 Å². The minimum Gasteiger partial charge on any atom is -0.379 e. The molecule has 1 fully saturated rings. The Bertz CT molecular complexity index is 527. The number of ether oxygens (including phenoxy) is 2. The lowest BCUT2D eigenvalue weighted by Gasteiger charge is -2.12. The van der Waals surface area contributed by atoms with Gasteiger partial charge >= 0.3 is 0 Å². The second-order valence-electron chi connectivity index (χ2n) is 6.20. The summed E-state index contributed by atoms with van der Waals surface area (Å²) in [7, 11) is 1.80. The molecule has 142 valence electrons. The van der Waals surface area contributed by atoms with Gasteiger partial charge in [0.05, 0.1) is 23.4 Å². The first-order valence-corrected chi connectivity index (χ1v) is 10.1. The zero-order valence-corrected chi connectivity index (χ0v) is 16.6. The molecule has 1 aromatic heterocycles. The SMILES string of the molecule is CCc1nc(CCNC(=NC)NCCCOCC2CCCO2)sc1C. The van der Waals surface area contributed by atoms with E-state index < -0.39 is 0 Å². The van der Waals surface area contributed by atoms with Crippen molar-refractivity contribution in [2.75, 3.05) is 40.0 Å². The molecular weight excluding hydrogens is 336 g/mol. The number of aromatic nitrogens is 1. The van der Waals surface area contributed by atoms with E-state index in [1.807, 2.05) is 0 Å². The molecule has 2 rings (SSSR count). The van der Waals surface area contributed by atoms with Crippen molar-refractivity contribution in [1.29, 1.82) is 0 Å². The summed E-state index contributed by atoms with van der Waals surface area (Å²) in [4.78, 5) is 10.3. The number of rotatable bonds is 10. The topological polar surface area (TPSA) is 67.8 Å². The lowest BCUT2D eigenvalue weighted by molar-refractivity contribution is 0.0168. The number of aryl methyl sites for hydroxylation is 2. The van der Waals surface area contributed by atoms with Crippen molar-refractivity contribution in [3.05, 3.63) is 15.6 Å². The summed E-state index contributed by atoms with van der Waals surface area (Å²) in [6.45, 7) is 8.35. The summed E-state index contributed by atoms with van der Waals surface area (Å²) in [5, 5.41) is 7.86. The summed E-state index contributed by atoms with van der Waals surface area (Å²) in [6.07, 6.45) is 5.50. The monoisotopic (exact) mass is 368 g/mol.